The summed E-state index contributed by atoms with van der Waals surface area (Å²) in [5.74, 6) is 0. The third-order valence-electron chi connectivity index (χ3n) is 7.32. The minimum Gasteiger partial charge on any atom is -0.369 e. The Bertz CT molecular complexity index is 1110. The summed E-state index contributed by atoms with van der Waals surface area (Å²) < 4.78 is 13.6. The average molecular weight is 461 g/mol. The van der Waals surface area contributed by atoms with Gasteiger partial charge in [0.2, 0.25) is 0 Å². The van der Waals surface area contributed by atoms with E-state index in [1.807, 2.05) is 23.1 Å². The van der Waals surface area contributed by atoms with Crippen LogP contribution in [0.2, 0.25) is 0 Å². The first-order valence-electron chi connectivity index (χ1n) is 12.3. The lowest BCUT2D eigenvalue weighted by Crippen LogP contribution is -2.46. The molecule has 1 spiro atoms. The summed E-state index contributed by atoms with van der Waals surface area (Å²) in [6.45, 7) is 9.36. The zero-order valence-electron chi connectivity index (χ0n) is 19.8. The molecule has 3 aliphatic rings. The van der Waals surface area contributed by atoms with E-state index >= 15 is 0 Å². The van der Waals surface area contributed by atoms with Crippen molar-refractivity contribution < 1.29 is 9.47 Å². The lowest BCUT2D eigenvalue weighted by Gasteiger charge is -2.36. The van der Waals surface area contributed by atoms with Crippen molar-refractivity contribution in [1.29, 1.82) is 0 Å². The maximum Gasteiger partial charge on any atom is 0.177 e. The first-order chi connectivity index (χ1) is 16.7. The number of rotatable bonds is 6. The van der Waals surface area contributed by atoms with E-state index in [9.17, 15) is 0 Å². The van der Waals surface area contributed by atoms with Crippen molar-refractivity contribution in [3.05, 3.63) is 60.0 Å². The summed E-state index contributed by atoms with van der Waals surface area (Å²) in [6, 6.07) is 12.8. The molecule has 2 aliphatic heterocycles. The van der Waals surface area contributed by atoms with Crippen LogP contribution in [-0.4, -0.2) is 70.6 Å². The highest BCUT2D eigenvalue weighted by Gasteiger charge is 2.47. The van der Waals surface area contributed by atoms with Crippen molar-refractivity contribution in [2.24, 2.45) is 5.41 Å². The fourth-order valence-electron chi connectivity index (χ4n) is 4.88. The second-order valence-corrected chi connectivity index (χ2v) is 9.96. The number of hydrogen-bond donors (Lipinski definition) is 0. The first kappa shape index (κ1) is 21.7. The molecule has 1 aliphatic carbocycles. The van der Waals surface area contributed by atoms with Gasteiger partial charge in [-0.15, -0.1) is 5.10 Å². The Morgan fingerprint density at radius 1 is 1.03 bits per heavy atom. The van der Waals surface area contributed by atoms with Gasteiger partial charge in [0.15, 0.2) is 6.29 Å². The monoisotopic (exact) mass is 460 g/mol. The van der Waals surface area contributed by atoms with Crippen LogP contribution in [-0.2, 0) is 22.6 Å². The highest BCUT2D eigenvalue weighted by Crippen LogP contribution is 2.48. The van der Waals surface area contributed by atoms with Crippen molar-refractivity contribution >= 4 is 5.69 Å². The lowest BCUT2D eigenvalue weighted by atomic mass is 10.0. The molecule has 0 atom stereocenters. The molecule has 0 N–H and O–H groups in total. The lowest BCUT2D eigenvalue weighted by molar-refractivity contribution is -0.213. The van der Waals surface area contributed by atoms with Crippen molar-refractivity contribution in [3.63, 3.8) is 0 Å². The molecular weight excluding hydrogens is 428 g/mol. The Morgan fingerprint density at radius 3 is 2.56 bits per heavy atom. The van der Waals surface area contributed by atoms with Gasteiger partial charge < -0.3 is 14.4 Å². The third kappa shape index (κ3) is 4.71. The maximum absolute atomic E-state index is 5.90. The molecule has 8 nitrogen and oxygen atoms in total. The van der Waals surface area contributed by atoms with Gasteiger partial charge in [-0.2, -0.15) is 0 Å². The predicted molar refractivity (Wildman–Crippen MR) is 129 cm³/mol. The molecule has 1 aromatic carbocycles. The van der Waals surface area contributed by atoms with E-state index in [1.54, 1.807) is 0 Å². The van der Waals surface area contributed by atoms with Crippen LogP contribution in [0.15, 0.2) is 48.8 Å². The molecule has 0 radical (unpaired) electrons. The number of anilines is 1. The quantitative estimate of drug-likeness (QED) is 0.560. The second kappa shape index (κ2) is 9.09. The van der Waals surface area contributed by atoms with Crippen LogP contribution in [0.5, 0.6) is 0 Å². The fraction of sp³-hybridized carbons (Fsp3) is 0.500. The van der Waals surface area contributed by atoms with E-state index in [0.29, 0.717) is 12.0 Å². The molecule has 6 rings (SSSR count). The number of piperazine rings is 1. The van der Waals surface area contributed by atoms with E-state index in [0.717, 1.165) is 62.9 Å². The molecule has 3 fully saturated rings. The maximum atomic E-state index is 5.90. The number of aryl methyl sites for hydroxylation is 1. The molecule has 34 heavy (non-hydrogen) atoms. The second-order valence-electron chi connectivity index (χ2n) is 9.96. The third-order valence-corrected chi connectivity index (χ3v) is 7.32. The number of pyridine rings is 1. The van der Waals surface area contributed by atoms with E-state index in [1.165, 1.54) is 24.1 Å². The van der Waals surface area contributed by atoms with Crippen molar-refractivity contribution in [3.8, 4) is 11.3 Å². The Morgan fingerprint density at radius 2 is 1.85 bits per heavy atom. The Labute approximate surface area is 200 Å². The molecule has 0 amide bonds. The fourth-order valence-corrected chi connectivity index (χ4v) is 4.88. The van der Waals surface area contributed by atoms with E-state index in [4.69, 9.17) is 9.47 Å². The molecule has 178 valence electrons. The molecule has 3 aromatic rings. The highest BCUT2D eigenvalue weighted by molar-refractivity contribution is 5.67. The van der Waals surface area contributed by atoms with Gasteiger partial charge in [0, 0.05) is 55.6 Å². The summed E-state index contributed by atoms with van der Waals surface area (Å²) in [6.07, 6.45) is 6.08. The smallest absolute Gasteiger partial charge is 0.177 e. The SMILES string of the molecule is Cc1cc(N2CCN(Cc3ccccn3)CC2)ccc1-c1cn(CC2OCC3(CC3)CO2)nn1. The predicted octanol–water partition coefficient (Wildman–Crippen LogP) is 3.12. The minimum absolute atomic E-state index is 0.236. The Balaban J connectivity index is 1.05. The van der Waals surface area contributed by atoms with Gasteiger partial charge in [-0.25, -0.2) is 4.68 Å². The van der Waals surface area contributed by atoms with E-state index < -0.39 is 0 Å². The zero-order chi connectivity index (χ0) is 23.0. The number of benzene rings is 1. The topological polar surface area (TPSA) is 68.5 Å². The minimum atomic E-state index is -0.236. The first-order valence-corrected chi connectivity index (χ1v) is 12.3. The van der Waals surface area contributed by atoms with Crippen LogP contribution in [0, 0.1) is 12.3 Å². The van der Waals surface area contributed by atoms with Crippen LogP contribution in [0.4, 0.5) is 5.69 Å². The van der Waals surface area contributed by atoms with Crippen LogP contribution in [0.3, 0.4) is 0 Å². The van der Waals surface area contributed by atoms with Gasteiger partial charge in [0.05, 0.1) is 31.6 Å². The van der Waals surface area contributed by atoms with Gasteiger partial charge in [0.25, 0.3) is 0 Å². The van der Waals surface area contributed by atoms with Crippen molar-refractivity contribution in [2.75, 3.05) is 44.3 Å². The zero-order valence-corrected chi connectivity index (χ0v) is 19.8. The number of hydrogen-bond acceptors (Lipinski definition) is 7. The van der Waals surface area contributed by atoms with E-state index in [-0.39, 0.29) is 6.29 Å². The standard InChI is InChI=1S/C26H32N6O2/c1-20-14-22(31-12-10-30(11-13-31)15-21-4-2-3-9-27-21)5-6-23(20)24-16-32(29-28-24)17-25-33-18-26(7-8-26)19-34-25/h2-6,9,14,16,25H,7-8,10-13,15,17-19H2,1H3. The summed E-state index contributed by atoms with van der Waals surface area (Å²) in [5.41, 5.74) is 5.93. The van der Waals surface area contributed by atoms with Crippen molar-refractivity contribution in [2.45, 2.75) is 39.1 Å². The number of ether oxygens (including phenoxy) is 2. The summed E-state index contributed by atoms with van der Waals surface area (Å²) in [5, 5.41) is 8.74. The molecule has 8 heteroatoms. The normalized spacial score (nSPS) is 20.7. The summed E-state index contributed by atoms with van der Waals surface area (Å²) in [4.78, 5) is 9.40. The van der Waals surface area contributed by atoms with Crippen LogP contribution in [0.1, 0.15) is 24.1 Å². The van der Waals surface area contributed by atoms with Gasteiger partial charge in [0.1, 0.15) is 5.69 Å². The molecule has 2 aromatic heterocycles. The molecule has 4 heterocycles. The molecule has 0 unspecified atom stereocenters. The average Bonchev–Trinajstić information content (AvgIpc) is 3.47. The molecular formula is C26H32N6O2. The van der Waals surface area contributed by atoms with Gasteiger partial charge in [-0.05, 0) is 49.6 Å². The van der Waals surface area contributed by atoms with Crippen LogP contribution < -0.4 is 4.90 Å². The van der Waals surface area contributed by atoms with Crippen LogP contribution in [0.25, 0.3) is 11.3 Å². The number of aromatic nitrogens is 4. The Kier molecular flexibility index (Phi) is 5.80. The highest BCUT2D eigenvalue weighted by atomic mass is 16.7. The summed E-state index contributed by atoms with van der Waals surface area (Å²) >= 11 is 0. The van der Waals surface area contributed by atoms with Gasteiger partial charge >= 0.3 is 0 Å². The van der Waals surface area contributed by atoms with Crippen LogP contribution >= 0.6 is 0 Å². The molecule has 1 saturated carbocycles. The van der Waals surface area contributed by atoms with Gasteiger partial charge in [-0.3, -0.25) is 9.88 Å². The molecule has 2 saturated heterocycles. The van der Waals surface area contributed by atoms with E-state index in [2.05, 4.69) is 62.4 Å². The van der Waals surface area contributed by atoms with Gasteiger partial charge in [-0.1, -0.05) is 17.3 Å². The largest absolute Gasteiger partial charge is 0.369 e. The summed E-state index contributed by atoms with van der Waals surface area (Å²) in [7, 11) is 0. The van der Waals surface area contributed by atoms with Crippen molar-refractivity contribution in [1.82, 2.24) is 24.9 Å². The Hall–Kier alpha value is -2.81. The molecule has 0 bridgehead atoms. The number of nitrogens with zero attached hydrogens (tertiary/aromatic N) is 6.